The smallest absolute Gasteiger partial charge is 0.407 e. The lowest BCUT2D eigenvalue weighted by atomic mass is 9.98. The molecule has 3 aromatic carbocycles. The minimum Gasteiger partial charge on any atom is -0.480 e. The van der Waals surface area contributed by atoms with Gasteiger partial charge in [0.05, 0.1) is 0 Å². The Morgan fingerprint density at radius 1 is 0.868 bits per heavy atom. The number of carboxylic acid groups (broad SMARTS) is 1. The first-order chi connectivity index (χ1) is 18.5. The number of aliphatic carboxylic acids is 1. The molecule has 0 heterocycles. The molecular formula is C31H32N2O5. The van der Waals surface area contributed by atoms with Gasteiger partial charge in [-0.25, -0.2) is 4.79 Å². The van der Waals surface area contributed by atoms with Crippen LogP contribution in [0.25, 0.3) is 11.1 Å². The number of carboxylic acids is 1. The molecule has 0 bridgehead atoms. The Bertz CT molecular complexity index is 1260. The molecule has 2 N–H and O–H groups in total. The number of rotatable bonds is 9. The van der Waals surface area contributed by atoms with Gasteiger partial charge < -0.3 is 20.1 Å². The fourth-order valence-electron chi connectivity index (χ4n) is 5.82. The molecule has 2 aliphatic carbocycles. The van der Waals surface area contributed by atoms with Crippen molar-refractivity contribution in [2.75, 3.05) is 13.2 Å². The Morgan fingerprint density at radius 2 is 1.50 bits per heavy atom. The second-order valence-electron chi connectivity index (χ2n) is 10.1. The van der Waals surface area contributed by atoms with E-state index >= 15 is 0 Å². The molecule has 196 valence electrons. The molecule has 2 amide bonds. The Morgan fingerprint density at radius 3 is 2.16 bits per heavy atom. The zero-order valence-electron chi connectivity index (χ0n) is 21.2. The van der Waals surface area contributed by atoms with Crippen LogP contribution in [-0.2, 0) is 20.9 Å². The van der Waals surface area contributed by atoms with E-state index in [1.807, 2.05) is 54.6 Å². The van der Waals surface area contributed by atoms with Gasteiger partial charge in [-0.3, -0.25) is 9.59 Å². The van der Waals surface area contributed by atoms with Crippen molar-refractivity contribution in [1.29, 1.82) is 0 Å². The molecule has 0 aromatic heterocycles. The summed E-state index contributed by atoms with van der Waals surface area (Å²) in [5.74, 6) is -1.34. The Kier molecular flexibility index (Phi) is 7.73. The molecule has 1 saturated carbocycles. The predicted molar refractivity (Wildman–Crippen MR) is 143 cm³/mol. The standard InChI is InChI=1S/C31H32N2O5/c34-29(33(19-30(35)36)18-21-9-2-1-3-10-21)17-22-11-8-16-28(22)32-31(37)38-20-27-25-14-6-4-12-23(25)24-13-5-7-15-26(24)27/h1-7,9-10,12-15,22,27-28H,8,11,16-20H2,(H,32,37)(H,35,36). The average molecular weight is 513 g/mol. The van der Waals surface area contributed by atoms with E-state index in [9.17, 15) is 19.5 Å². The molecule has 1 fully saturated rings. The summed E-state index contributed by atoms with van der Waals surface area (Å²) in [7, 11) is 0. The number of benzene rings is 3. The number of hydrogen-bond acceptors (Lipinski definition) is 4. The highest BCUT2D eigenvalue weighted by Gasteiger charge is 2.33. The van der Waals surface area contributed by atoms with Gasteiger partial charge >= 0.3 is 12.1 Å². The zero-order valence-corrected chi connectivity index (χ0v) is 21.2. The SMILES string of the molecule is O=C(O)CN(Cc1ccccc1)C(=O)CC1CCCC1NC(=O)OCC1c2ccccc2-c2ccccc21. The monoisotopic (exact) mass is 512 g/mol. The van der Waals surface area contributed by atoms with Crippen molar-refractivity contribution in [3.05, 3.63) is 95.6 Å². The molecule has 2 unspecified atom stereocenters. The van der Waals surface area contributed by atoms with Crippen LogP contribution in [0.15, 0.2) is 78.9 Å². The molecule has 3 aromatic rings. The van der Waals surface area contributed by atoms with Crippen molar-refractivity contribution in [2.45, 2.75) is 44.2 Å². The number of carbonyl (C=O) groups is 3. The maximum Gasteiger partial charge on any atom is 0.407 e. The molecule has 0 spiro atoms. The van der Waals surface area contributed by atoms with Crippen LogP contribution in [0.5, 0.6) is 0 Å². The second-order valence-corrected chi connectivity index (χ2v) is 10.1. The minimum absolute atomic E-state index is 0.0170. The molecule has 7 heteroatoms. The van der Waals surface area contributed by atoms with Crippen molar-refractivity contribution in [2.24, 2.45) is 5.92 Å². The number of carbonyl (C=O) groups excluding carboxylic acids is 2. The summed E-state index contributed by atoms with van der Waals surface area (Å²) in [5, 5.41) is 12.3. The maximum absolute atomic E-state index is 13.1. The summed E-state index contributed by atoms with van der Waals surface area (Å²) in [6.45, 7) is 0.119. The average Bonchev–Trinajstić information content (AvgIpc) is 3.49. The fourth-order valence-corrected chi connectivity index (χ4v) is 5.82. The Hall–Kier alpha value is -4.13. The van der Waals surface area contributed by atoms with E-state index < -0.39 is 12.1 Å². The number of hydrogen-bond donors (Lipinski definition) is 2. The molecule has 0 saturated heterocycles. The zero-order chi connectivity index (χ0) is 26.5. The van der Waals surface area contributed by atoms with Crippen molar-refractivity contribution in [3.8, 4) is 11.1 Å². The lowest BCUT2D eigenvalue weighted by Gasteiger charge is -2.25. The summed E-state index contributed by atoms with van der Waals surface area (Å²) < 4.78 is 5.71. The van der Waals surface area contributed by atoms with E-state index in [2.05, 4.69) is 29.6 Å². The largest absolute Gasteiger partial charge is 0.480 e. The third kappa shape index (κ3) is 5.72. The van der Waals surface area contributed by atoms with Gasteiger partial charge in [-0.05, 0) is 46.6 Å². The Balaban J connectivity index is 1.18. The van der Waals surface area contributed by atoms with Gasteiger partial charge in [-0.15, -0.1) is 0 Å². The van der Waals surface area contributed by atoms with Crippen LogP contribution in [0.1, 0.15) is 48.3 Å². The summed E-state index contributed by atoms with van der Waals surface area (Å²) in [6.07, 6.45) is 2.16. The molecule has 2 atom stereocenters. The van der Waals surface area contributed by atoms with Crippen LogP contribution in [-0.4, -0.2) is 47.2 Å². The van der Waals surface area contributed by atoms with Crippen LogP contribution < -0.4 is 5.32 Å². The predicted octanol–water partition coefficient (Wildman–Crippen LogP) is 5.20. The van der Waals surface area contributed by atoms with Gasteiger partial charge in [0.2, 0.25) is 5.91 Å². The van der Waals surface area contributed by atoms with E-state index in [-0.39, 0.29) is 49.9 Å². The first-order valence-electron chi connectivity index (χ1n) is 13.1. The highest BCUT2D eigenvalue weighted by molar-refractivity contribution is 5.82. The highest BCUT2D eigenvalue weighted by atomic mass is 16.5. The van der Waals surface area contributed by atoms with Crippen LogP contribution in [0.3, 0.4) is 0 Å². The number of amides is 2. The first-order valence-corrected chi connectivity index (χ1v) is 13.1. The lowest BCUT2D eigenvalue weighted by molar-refractivity contribution is -0.145. The number of ether oxygens (including phenoxy) is 1. The van der Waals surface area contributed by atoms with E-state index in [1.165, 1.54) is 16.0 Å². The van der Waals surface area contributed by atoms with Crippen LogP contribution in [0.4, 0.5) is 4.79 Å². The third-order valence-corrected chi connectivity index (χ3v) is 7.64. The van der Waals surface area contributed by atoms with Crippen molar-refractivity contribution in [1.82, 2.24) is 10.2 Å². The topological polar surface area (TPSA) is 95.9 Å². The molecule has 38 heavy (non-hydrogen) atoms. The highest BCUT2D eigenvalue weighted by Crippen LogP contribution is 2.44. The first kappa shape index (κ1) is 25.5. The van der Waals surface area contributed by atoms with Crippen molar-refractivity contribution in [3.63, 3.8) is 0 Å². The molecule has 5 rings (SSSR count). The summed E-state index contributed by atoms with van der Waals surface area (Å²) >= 11 is 0. The quantitative estimate of drug-likeness (QED) is 0.411. The van der Waals surface area contributed by atoms with E-state index in [0.717, 1.165) is 36.0 Å². The van der Waals surface area contributed by atoms with E-state index in [4.69, 9.17) is 4.74 Å². The minimum atomic E-state index is -1.05. The molecular weight excluding hydrogens is 480 g/mol. The van der Waals surface area contributed by atoms with Crippen LogP contribution >= 0.6 is 0 Å². The number of alkyl carbamates (subject to hydrolysis) is 1. The van der Waals surface area contributed by atoms with Gasteiger partial charge in [0.15, 0.2) is 0 Å². The summed E-state index contributed by atoms with van der Waals surface area (Å²) in [6, 6.07) is 25.6. The van der Waals surface area contributed by atoms with Crippen molar-refractivity contribution < 1.29 is 24.2 Å². The molecule has 2 aliphatic rings. The van der Waals surface area contributed by atoms with E-state index in [1.54, 1.807) is 0 Å². The number of fused-ring (bicyclic) bond motifs is 3. The molecule has 0 aliphatic heterocycles. The second kappa shape index (κ2) is 11.5. The van der Waals surface area contributed by atoms with Gasteiger partial charge in [-0.1, -0.05) is 85.3 Å². The normalized spacial score (nSPS) is 17.9. The van der Waals surface area contributed by atoms with E-state index in [0.29, 0.717) is 0 Å². The van der Waals surface area contributed by atoms with Crippen LogP contribution in [0, 0.1) is 5.92 Å². The summed E-state index contributed by atoms with van der Waals surface area (Å²) in [5.41, 5.74) is 5.54. The van der Waals surface area contributed by atoms with Crippen LogP contribution in [0.2, 0.25) is 0 Å². The maximum atomic E-state index is 13.1. The number of nitrogens with zero attached hydrogens (tertiary/aromatic N) is 1. The van der Waals surface area contributed by atoms with Gasteiger partial charge in [0.25, 0.3) is 0 Å². The third-order valence-electron chi connectivity index (χ3n) is 7.64. The number of nitrogens with one attached hydrogen (secondary N) is 1. The molecule has 0 radical (unpaired) electrons. The van der Waals surface area contributed by atoms with Gasteiger partial charge in [0, 0.05) is 24.9 Å². The van der Waals surface area contributed by atoms with Gasteiger partial charge in [0.1, 0.15) is 13.2 Å². The fraction of sp³-hybridized carbons (Fsp3) is 0.323. The van der Waals surface area contributed by atoms with Crippen molar-refractivity contribution >= 4 is 18.0 Å². The lowest BCUT2D eigenvalue weighted by Crippen LogP contribution is -2.41. The Labute approximate surface area is 222 Å². The van der Waals surface area contributed by atoms with Gasteiger partial charge in [-0.2, -0.15) is 0 Å². The summed E-state index contributed by atoms with van der Waals surface area (Å²) in [4.78, 5) is 38.7. The molecule has 7 nitrogen and oxygen atoms in total.